The summed E-state index contributed by atoms with van der Waals surface area (Å²) in [6.07, 6.45) is 9.12. The molecule has 0 bridgehead atoms. The first-order chi connectivity index (χ1) is 18.0. The largest absolute Gasteiger partial charge is 0.465 e. The van der Waals surface area contributed by atoms with Gasteiger partial charge in [-0.2, -0.15) is 5.10 Å². The van der Waals surface area contributed by atoms with E-state index in [0.29, 0.717) is 25.3 Å². The van der Waals surface area contributed by atoms with Crippen LogP contribution in [0.1, 0.15) is 43.7 Å². The summed E-state index contributed by atoms with van der Waals surface area (Å²) in [6.45, 7) is 2.97. The van der Waals surface area contributed by atoms with Crippen molar-refractivity contribution in [1.82, 2.24) is 14.7 Å². The zero-order chi connectivity index (χ0) is 25.5. The molecule has 1 aliphatic carbocycles. The lowest BCUT2D eigenvalue weighted by molar-refractivity contribution is -0.120. The van der Waals surface area contributed by atoms with Crippen molar-refractivity contribution in [2.75, 3.05) is 18.0 Å². The molecule has 3 aliphatic rings. The number of benzene rings is 2. The summed E-state index contributed by atoms with van der Waals surface area (Å²) in [4.78, 5) is 27.9. The van der Waals surface area contributed by atoms with Gasteiger partial charge in [-0.3, -0.25) is 4.79 Å². The maximum atomic E-state index is 13.2. The molecule has 2 aromatic carbocycles. The predicted octanol–water partition coefficient (Wildman–Crippen LogP) is 5.51. The van der Waals surface area contributed by atoms with Gasteiger partial charge in [0, 0.05) is 42.4 Å². The highest BCUT2D eigenvalue weighted by atomic mass is 16.5. The molecule has 2 amide bonds. The Labute approximate surface area is 215 Å². The lowest BCUT2D eigenvalue weighted by atomic mass is 9.94. The van der Waals surface area contributed by atoms with E-state index < -0.39 is 6.09 Å². The molecule has 2 aliphatic heterocycles. The minimum Gasteiger partial charge on any atom is -0.465 e. The highest BCUT2D eigenvalue weighted by Crippen LogP contribution is 2.44. The molecule has 1 saturated carbocycles. The van der Waals surface area contributed by atoms with Crippen LogP contribution in [-0.4, -0.2) is 50.9 Å². The lowest BCUT2D eigenvalue weighted by Gasteiger charge is -2.36. The van der Waals surface area contributed by atoms with Crippen molar-refractivity contribution in [1.29, 1.82) is 0 Å². The number of para-hydroxylation sites is 1. The summed E-state index contributed by atoms with van der Waals surface area (Å²) < 4.78 is 8.33. The van der Waals surface area contributed by atoms with Crippen molar-refractivity contribution in [3.05, 3.63) is 72.1 Å². The van der Waals surface area contributed by atoms with E-state index in [-0.39, 0.29) is 17.9 Å². The number of carboxylic acid groups (broad SMARTS) is 1. The van der Waals surface area contributed by atoms with Crippen LogP contribution in [-0.2, 0) is 11.2 Å². The molecule has 3 heterocycles. The van der Waals surface area contributed by atoms with Gasteiger partial charge in [-0.1, -0.05) is 24.3 Å². The van der Waals surface area contributed by atoms with Gasteiger partial charge in [0.05, 0.1) is 11.9 Å². The number of nitrogens with zero attached hydrogens (tertiary/aromatic N) is 4. The van der Waals surface area contributed by atoms with E-state index in [2.05, 4.69) is 12.0 Å². The molecule has 1 aromatic heterocycles. The summed E-state index contributed by atoms with van der Waals surface area (Å²) in [5.41, 5.74) is 4.82. The average Bonchev–Trinajstić information content (AvgIpc) is 3.66. The van der Waals surface area contributed by atoms with Gasteiger partial charge < -0.3 is 19.6 Å². The normalized spacial score (nSPS) is 19.3. The van der Waals surface area contributed by atoms with Crippen molar-refractivity contribution in [3.8, 4) is 17.2 Å². The SMILES string of the molecule is CC1CCc2c(ccc(-n3cc(C4=CCN(C(=O)O)CC4)cn3)c2Oc2ccccc2)N1C(=O)C1CC1. The summed E-state index contributed by atoms with van der Waals surface area (Å²) in [6, 6.07) is 13.9. The number of carbonyl (C=O) groups is 2. The van der Waals surface area contributed by atoms with Crippen LogP contribution in [0.5, 0.6) is 11.5 Å². The first-order valence-corrected chi connectivity index (χ1v) is 12.9. The third kappa shape index (κ3) is 4.48. The van der Waals surface area contributed by atoms with Crippen LogP contribution in [0.3, 0.4) is 0 Å². The van der Waals surface area contributed by atoms with Crippen molar-refractivity contribution < 1.29 is 19.4 Å². The Kier molecular flexibility index (Phi) is 5.94. The van der Waals surface area contributed by atoms with Crippen LogP contribution >= 0.6 is 0 Å². The molecule has 1 N–H and O–H groups in total. The second kappa shape index (κ2) is 9.42. The molecular weight excluding hydrogens is 468 g/mol. The topological polar surface area (TPSA) is 87.9 Å². The van der Waals surface area contributed by atoms with Gasteiger partial charge in [0.2, 0.25) is 5.91 Å². The van der Waals surface area contributed by atoms with E-state index >= 15 is 0 Å². The van der Waals surface area contributed by atoms with Crippen molar-refractivity contribution in [3.63, 3.8) is 0 Å². The van der Waals surface area contributed by atoms with Gasteiger partial charge >= 0.3 is 6.09 Å². The molecule has 8 nitrogen and oxygen atoms in total. The van der Waals surface area contributed by atoms with Crippen molar-refractivity contribution >= 4 is 23.3 Å². The Hall–Kier alpha value is -4.07. The molecule has 1 fully saturated rings. The van der Waals surface area contributed by atoms with Crippen LogP contribution in [0.4, 0.5) is 10.5 Å². The third-order valence-corrected chi connectivity index (χ3v) is 7.53. The second-order valence-corrected chi connectivity index (χ2v) is 10.1. The fourth-order valence-electron chi connectivity index (χ4n) is 5.28. The molecule has 190 valence electrons. The Morgan fingerprint density at radius 1 is 1.03 bits per heavy atom. The zero-order valence-electron chi connectivity index (χ0n) is 20.8. The van der Waals surface area contributed by atoms with Gasteiger partial charge in [-0.25, -0.2) is 9.48 Å². The van der Waals surface area contributed by atoms with Crippen molar-refractivity contribution in [2.24, 2.45) is 5.92 Å². The van der Waals surface area contributed by atoms with Gasteiger partial charge in [-0.15, -0.1) is 0 Å². The fourth-order valence-corrected chi connectivity index (χ4v) is 5.28. The molecule has 6 rings (SSSR count). The first kappa shape index (κ1) is 23.3. The van der Waals surface area contributed by atoms with E-state index in [9.17, 15) is 14.7 Å². The van der Waals surface area contributed by atoms with E-state index in [0.717, 1.165) is 59.5 Å². The monoisotopic (exact) mass is 498 g/mol. The highest BCUT2D eigenvalue weighted by molar-refractivity contribution is 5.98. The smallest absolute Gasteiger partial charge is 0.407 e. The van der Waals surface area contributed by atoms with Gasteiger partial charge in [0.15, 0.2) is 5.75 Å². The summed E-state index contributed by atoms with van der Waals surface area (Å²) >= 11 is 0. The molecule has 1 atom stereocenters. The molecular formula is C29H30N4O4. The van der Waals surface area contributed by atoms with E-state index in [1.165, 1.54) is 4.90 Å². The molecule has 0 saturated heterocycles. The number of aromatic nitrogens is 2. The number of hydrogen-bond acceptors (Lipinski definition) is 4. The Bertz CT molecular complexity index is 1380. The van der Waals surface area contributed by atoms with E-state index in [1.54, 1.807) is 0 Å². The molecule has 8 heteroatoms. The zero-order valence-corrected chi connectivity index (χ0v) is 20.8. The van der Waals surface area contributed by atoms with E-state index in [1.807, 2.05) is 70.5 Å². The minimum atomic E-state index is -0.897. The third-order valence-electron chi connectivity index (χ3n) is 7.53. The molecule has 0 spiro atoms. The van der Waals surface area contributed by atoms with Gasteiger partial charge in [0.25, 0.3) is 0 Å². The molecule has 0 radical (unpaired) electrons. The number of amides is 2. The Morgan fingerprint density at radius 3 is 2.51 bits per heavy atom. The number of rotatable bonds is 5. The van der Waals surface area contributed by atoms with E-state index in [4.69, 9.17) is 4.74 Å². The Balaban J connectivity index is 1.40. The number of hydrogen-bond donors (Lipinski definition) is 1. The van der Waals surface area contributed by atoms with Crippen LogP contribution in [0.25, 0.3) is 11.3 Å². The van der Waals surface area contributed by atoms with Gasteiger partial charge in [-0.05, 0) is 68.9 Å². The average molecular weight is 499 g/mol. The van der Waals surface area contributed by atoms with Crippen LogP contribution in [0, 0.1) is 5.92 Å². The number of carbonyl (C=O) groups excluding carboxylic acids is 1. The van der Waals surface area contributed by atoms with Gasteiger partial charge in [0.1, 0.15) is 11.4 Å². The first-order valence-electron chi connectivity index (χ1n) is 12.9. The summed E-state index contributed by atoms with van der Waals surface area (Å²) in [5.74, 6) is 1.80. The van der Waals surface area contributed by atoms with Crippen molar-refractivity contribution in [2.45, 2.75) is 45.1 Å². The minimum absolute atomic E-state index is 0.140. The maximum Gasteiger partial charge on any atom is 0.407 e. The predicted molar refractivity (Wildman–Crippen MR) is 140 cm³/mol. The second-order valence-electron chi connectivity index (χ2n) is 10.1. The fraction of sp³-hybridized carbons (Fsp3) is 0.345. The number of ether oxygens (including phenoxy) is 1. The summed E-state index contributed by atoms with van der Waals surface area (Å²) in [7, 11) is 0. The standard InChI is InChI=1S/C29H30N4O4/c1-19-7-10-24-25(33(19)28(34)21-8-9-21)11-12-26(27(24)37-23-5-3-2-4-6-23)32-18-22(17-30-32)20-13-15-31(16-14-20)29(35)36/h2-6,11-13,17-19,21H,7-10,14-16H2,1H3,(H,35,36). The number of anilines is 1. The molecule has 3 aromatic rings. The quantitative estimate of drug-likeness (QED) is 0.501. The lowest BCUT2D eigenvalue weighted by Crippen LogP contribution is -2.43. The summed E-state index contributed by atoms with van der Waals surface area (Å²) in [5, 5.41) is 13.9. The molecule has 37 heavy (non-hydrogen) atoms. The Morgan fingerprint density at radius 2 is 1.81 bits per heavy atom. The van der Waals surface area contributed by atoms with Crippen LogP contribution in [0.2, 0.25) is 0 Å². The van der Waals surface area contributed by atoms with Crippen LogP contribution < -0.4 is 9.64 Å². The number of fused-ring (bicyclic) bond motifs is 1. The maximum absolute atomic E-state index is 13.2. The van der Waals surface area contributed by atoms with Crippen LogP contribution in [0.15, 0.2) is 60.9 Å². The molecule has 1 unspecified atom stereocenters. The highest BCUT2D eigenvalue weighted by Gasteiger charge is 2.39.